The summed E-state index contributed by atoms with van der Waals surface area (Å²) >= 11 is 0. The van der Waals surface area contributed by atoms with E-state index in [9.17, 15) is 9.59 Å². The minimum absolute atomic E-state index is 0.0254. The van der Waals surface area contributed by atoms with Crippen LogP contribution in [0.1, 0.15) is 45.4 Å². The van der Waals surface area contributed by atoms with Gasteiger partial charge in [-0.3, -0.25) is 9.36 Å². The number of nitrogens with one attached hydrogen (secondary N) is 1. The predicted molar refractivity (Wildman–Crippen MR) is 128 cm³/mol. The average molecular weight is 466 g/mol. The quantitative estimate of drug-likeness (QED) is 0.524. The summed E-state index contributed by atoms with van der Waals surface area (Å²) in [7, 11) is 1.92. The van der Waals surface area contributed by atoms with Crippen molar-refractivity contribution in [1.82, 2.24) is 24.8 Å². The van der Waals surface area contributed by atoms with Crippen molar-refractivity contribution >= 4 is 35.0 Å². The maximum absolute atomic E-state index is 13.0. The molecular weight excluding hydrogens is 432 g/mol. The van der Waals surface area contributed by atoms with Crippen LogP contribution in [0.4, 0.5) is 10.6 Å². The normalized spacial score (nSPS) is 25.7. The molecule has 3 N–H and O–H groups in total. The third kappa shape index (κ3) is 4.94. The number of rotatable bonds is 4. The zero-order valence-corrected chi connectivity index (χ0v) is 19.9. The fraction of sp³-hybridized carbons (Fsp3) is 0.583. The highest BCUT2D eigenvalue weighted by Gasteiger charge is 2.30. The van der Waals surface area contributed by atoms with Gasteiger partial charge in [-0.2, -0.15) is 10.2 Å². The second-order valence-electron chi connectivity index (χ2n) is 9.49. The molecule has 3 unspecified atom stereocenters. The number of nitriles is 1. The SMILES string of the molecule is C[C@@H]1CCN(C(=O)CC#N)CC1/C=[N+](\C)c1ncnc2c1ccn2C(=O)NC1CCCCC1N. The number of nitrogens with zero attached hydrogens (tertiary/aromatic N) is 6. The van der Waals surface area contributed by atoms with Crippen LogP contribution in [0.5, 0.6) is 0 Å². The largest absolute Gasteiger partial charge is 0.341 e. The molecule has 1 saturated heterocycles. The second kappa shape index (κ2) is 10.3. The molecule has 0 aromatic carbocycles. The summed E-state index contributed by atoms with van der Waals surface area (Å²) in [6.45, 7) is 3.43. The van der Waals surface area contributed by atoms with E-state index in [0.717, 1.165) is 37.5 Å². The van der Waals surface area contributed by atoms with Crippen LogP contribution in [0.25, 0.3) is 11.0 Å². The molecule has 0 spiro atoms. The van der Waals surface area contributed by atoms with E-state index in [2.05, 4.69) is 28.4 Å². The molecule has 2 aliphatic rings. The van der Waals surface area contributed by atoms with Crippen LogP contribution in [0.2, 0.25) is 0 Å². The van der Waals surface area contributed by atoms with Crippen molar-refractivity contribution in [3.8, 4) is 6.07 Å². The Hall–Kier alpha value is -3.32. The molecule has 1 aliphatic carbocycles. The van der Waals surface area contributed by atoms with Crippen LogP contribution in [0.15, 0.2) is 18.6 Å². The van der Waals surface area contributed by atoms with E-state index >= 15 is 0 Å². The standard InChI is InChI=1S/C24H32N8O2/c1-16-8-11-31(21(33)7-10-25)14-17(16)13-30(2)22-18-9-12-32(23(18)28-15-27-22)24(34)29-20-6-4-3-5-19(20)26/h9,12-13,15-17,19-20H,3-8,11,14,26H2,1-2H3/p+1/b30-13+/t16-,17?,19?,20?/m1/s1. The van der Waals surface area contributed by atoms with E-state index in [1.807, 2.05) is 23.8 Å². The molecule has 2 amide bonds. The highest BCUT2D eigenvalue weighted by atomic mass is 16.2. The zero-order chi connectivity index (χ0) is 24.2. The molecule has 2 aromatic heterocycles. The molecule has 10 nitrogen and oxygen atoms in total. The number of carbonyl (C=O) groups is 2. The number of nitrogens with two attached hydrogens (primary N) is 1. The van der Waals surface area contributed by atoms with Crippen LogP contribution in [0, 0.1) is 23.2 Å². The molecule has 1 saturated carbocycles. The molecule has 4 atom stereocenters. The van der Waals surface area contributed by atoms with Crippen LogP contribution >= 0.6 is 0 Å². The van der Waals surface area contributed by atoms with E-state index in [1.54, 1.807) is 11.1 Å². The Morgan fingerprint density at radius 3 is 2.88 bits per heavy atom. The summed E-state index contributed by atoms with van der Waals surface area (Å²) in [6.07, 6.45) is 10.0. The highest BCUT2D eigenvalue weighted by Crippen LogP contribution is 2.26. The van der Waals surface area contributed by atoms with E-state index in [1.165, 1.54) is 10.9 Å². The Morgan fingerprint density at radius 2 is 2.12 bits per heavy atom. The number of aromatic nitrogens is 3. The summed E-state index contributed by atoms with van der Waals surface area (Å²) in [5.74, 6) is 1.09. The maximum Gasteiger partial charge on any atom is 0.335 e. The third-order valence-electron chi connectivity index (χ3n) is 7.16. The Balaban J connectivity index is 1.55. The molecular formula is C24H33N8O2+. The number of amides is 2. The van der Waals surface area contributed by atoms with Crippen LogP contribution in [0.3, 0.4) is 0 Å². The van der Waals surface area contributed by atoms with Gasteiger partial charge in [-0.25, -0.2) is 9.37 Å². The number of fused-ring (bicyclic) bond motifs is 1. The first-order valence-electron chi connectivity index (χ1n) is 12.0. The maximum atomic E-state index is 13.0. The molecule has 1 aliphatic heterocycles. The smallest absolute Gasteiger partial charge is 0.335 e. The molecule has 4 rings (SSSR count). The van der Waals surface area contributed by atoms with E-state index in [4.69, 9.17) is 11.0 Å². The van der Waals surface area contributed by atoms with Gasteiger partial charge in [0.15, 0.2) is 5.65 Å². The van der Waals surface area contributed by atoms with Gasteiger partial charge in [0, 0.05) is 37.3 Å². The fourth-order valence-electron chi connectivity index (χ4n) is 5.01. The first-order chi connectivity index (χ1) is 16.4. The van der Waals surface area contributed by atoms with Gasteiger partial charge < -0.3 is 16.0 Å². The fourth-order valence-corrected chi connectivity index (χ4v) is 5.01. The van der Waals surface area contributed by atoms with Gasteiger partial charge >= 0.3 is 11.8 Å². The van der Waals surface area contributed by atoms with E-state index in [-0.39, 0.29) is 36.4 Å². The molecule has 2 fully saturated rings. The number of likely N-dealkylation sites (tertiary alicyclic amines) is 1. The van der Waals surface area contributed by atoms with Crippen molar-refractivity contribution in [1.29, 1.82) is 5.26 Å². The first kappa shape index (κ1) is 23.8. The number of carbonyl (C=O) groups excluding carboxylic acids is 2. The number of piperidine rings is 1. The lowest BCUT2D eigenvalue weighted by atomic mass is 9.87. The molecule has 2 aromatic rings. The minimum atomic E-state index is -0.235. The van der Waals surface area contributed by atoms with Crippen molar-refractivity contribution in [3.63, 3.8) is 0 Å². The summed E-state index contributed by atoms with van der Waals surface area (Å²) in [5.41, 5.74) is 6.74. The Bertz CT molecular complexity index is 1130. The van der Waals surface area contributed by atoms with Crippen LogP contribution in [-0.2, 0) is 4.79 Å². The Morgan fingerprint density at radius 1 is 1.32 bits per heavy atom. The van der Waals surface area contributed by atoms with Gasteiger partial charge in [-0.15, -0.1) is 0 Å². The van der Waals surface area contributed by atoms with E-state index < -0.39 is 0 Å². The van der Waals surface area contributed by atoms with Gasteiger partial charge in [0.2, 0.25) is 12.2 Å². The first-order valence-corrected chi connectivity index (χ1v) is 12.0. The topological polar surface area (TPSA) is 133 Å². The second-order valence-corrected chi connectivity index (χ2v) is 9.49. The lowest BCUT2D eigenvalue weighted by molar-refractivity contribution is -0.405. The number of hydrogen-bond donors (Lipinski definition) is 2. The van der Waals surface area contributed by atoms with Gasteiger partial charge in [0.05, 0.1) is 19.3 Å². The lowest BCUT2D eigenvalue weighted by Gasteiger charge is -2.34. The van der Waals surface area contributed by atoms with E-state index in [0.29, 0.717) is 30.5 Å². The Kier molecular flexibility index (Phi) is 7.22. The van der Waals surface area contributed by atoms with Gasteiger partial charge in [0.1, 0.15) is 11.8 Å². The monoisotopic (exact) mass is 465 g/mol. The van der Waals surface area contributed by atoms with Crippen molar-refractivity contribution in [3.05, 3.63) is 18.6 Å². The van der Waals surface area contributed by atoms with Gasteiger partial charge in [-0.1, -0.05) is 19.8 Å². The molecule has 3 heterocycles. The molecule has 0 radical (unpaired) electrons. The van der Waals surface area contributed by atoms with Gasteiger partial charge in [-0.05, 0) is 36.2 Å². The van der Waals surface area contributed by atoms with Crippen molar-refractivity contribution < 1.29 is 14.2 Å². The summed E-state index contributed by atoms with van der Waals surface area (Å²) in [4.78, 5) is 35.8. The summed E-state index contributed by atoms with van der Waals surface area (Å²) < 4.78 is 3.46. The lowest BCUT2D eigenvalue weighted by Crippen LogP contribution is -2.50. The van der Waals surface area contributed by atoms with Crippen LogP contribution < -0.4 is 11.1 Å². The molecule has 34 heavy (non-hydrogen) atoms. The average Bonchev–Trinajstić information content (AvgIpc) is 3.26. The highest BCUT2D eigenvalue weighted by molar-refractivity contribution is 5.93. The van der Waals surface area contributed by atoms with Crippen molar-refractivity contribution in [2.75, 3.05) is 20.1 Å². The molecule has 10 heteroatoms. The van der Waals surface area contributed by atoms with Crippen molar-refractivity contribution in [2.24, 2.45) is 17.6 Å². The van der Waals surface area contributed by atoms with Crippen LogP contribution in [-0.4, -0.2) is 74.4 Å². The Labute approximate surface area is 199 Å². The van der Waals surface area contributed by atoms with Gasteiger partial charge in [0.25, 0.3) is 0 Å². The van der Waals surface area contributed by atoms with Crippen molar-refractivity contribution in [2.45, 2.75) is 57.5 Å². The summed E-state index contributed by atoms with van der Waals surface area (Å²) in [6, 6.07) is 3.50. The number of hydrogen-bond acceptors (Lipinski definition) is 6. The minimum Gasteiger partial charge on any atom is -0.341 e. The third-order valence-corrected chi connectivity index (χ3v) is 7.16. The molecule has 180 valence electrons. The zero-order valence-electron chi connectivity index (χ0n) is 19.9. The molecule has 0 bridgehead atoms. The summed E-state index contributed by atoms with van der Waals surface area (Å²) in [5, 5.41) is 12.7. The predicted octanol–water partition coefficient (Wildman–Crippen LogP) is 2.00.